The summed E-state index contributed by atoms with van der Waals surface area (Å²) in [7, 11) is 0. The molecule has 0 fully saturated rings. The lowest BCUT2D eigenvalue weighted by Gasteiger charge is -2.23. The Morgan fingerprint density at radius 3 is 2.41 bits per heavy atom. The summed E-state index contributed by atoms with van der Waals surface area (Å²) in [4.78, 5) is 0. The molecule has 0 saturated carbocycles. The summed E-state index contributed by atoms with van der Waals surface area (Å²) in [5, 5.41) is 15.0. The molecule has 0 amide bonds. The third-order valence-electron chi connectivity index (χ3n) is 2.96. The standard InChI is InChI=1S/C13H25N3O/c1-6-13(4,5)15-10-8-7-9-12(2,3)11(14)16-17/h1,15,17H,7-10H2,2-5H3,(H2,14,16). The molecule has 0 radical (unpaired) electrons. The summed E-state index contributed by atoms with van der Waals surface area (Å²) in [6, 6.07) is 0. The zero-order valence-corrected chi connectivity index (χ0v) is 11.4. The molecule has 0 atom stereocenters. The molecule has 98 valence electrons. The third-order valence-corrected chi connectivity index (χ3v) is 2.96. The second kappa shape index (κ2) is 6.51. The average Bonchev–Trinajstić information content (AvgIpc) is 2.27. The molecule has 17 heavy (non-hydrogen) atoms. The lowest BCUT2D eigenvalue weighted by molar-refractivity contribution is 0.304. The first kappa shape index (κ1) is 15.8. The van der Waals surface area contributed by atoms with Gasteiger partial charge in [-0.2, -0.15) is 0 Å². The number of hydrogen-bond acceptors (Lipinski definition) is 3. The highest BCUT2D eigenvalue weighted by atomic mass is 16.4. The zero-order valence-electron chi connectivity index (χ0n) is 11.4. The Morgan fingerprint density at radius 2 is 1.94 bits per heavy atom. The highest BCUT2D eigenvalue weighted by Gasteiger charge is 2.22. The van der Waals surface area contributed by atoms with E-state index in [0.29, 0.717) is 0 Å². The van der Waals surface area contributed by atoms with E-state index in [2.05, 4.69) is 16.4 Å². The maximum atomic E-state index is 8.64. The van der Waals surface area contributed by atoms with Gasteiger partial charge in [0.2, 0.25) is 0 Å². The van der Waals surface area contributed by atoms with Crippen molar-refractivity contribution in [2.45, 2.75) is 52.5 Å². The molecule has 4 heteroatoms. The molecular formula is C13H25N3O. The summed E-state index contributed by atoms with van der Waals surface area (Å²) < 4.78 is 0. The normalized spacial score (nSPS) is 13.5. The van der Waals surface area contributed by atoms with Crippen LogP contribution in [0.2, 0.25) is 0 Å². The van der Waals surface area contributed by atoms with Crippen LogP contribution in [0, 0.1) is 17.8 Å². The number of oxime groups is 1. The number of rotatable bonds is 7. The Bertz CT molecular complexity index is 300. The number of amidine groups is 1. The van der Waals surface area contributed by atoms with Crippen molar-refractivity contribution in [2.75, 3.05) is 6.54 Å². The van der Waals surface area contributed by atoms with Gasteiger partial charge >= 0.3 is 0 Å². The van der Waals surface area contributed by atoms with Gasteiger partial charge in [-0.15, -0.1) is 6.42 Å². The first-order chi connectivity index (χ1) is 7.75. The van der Waals surface area contributed by atoms with Gasteiger partial charge in [-0.05, 0) is 33.2 Å². The minimum absolute atomic E-state index is 0.249. The summed E-state index contributed by atoms with van der Waals surface area (Å²) in [6.45, 7) is 8.78. The van der Waals surface area contributed by atoms with Gasteiger partial charge in [-0.25, -0.2) is 0 Å². The van der Waals surface area contributed by atoms with Crippen LogP contribution in [0.15, 0.2) is 5.16 Å². The molecule has 4 nitrogen and oxygen atoms in total. The number of unbranched alkanes of at least 4 members (excludes halogenated alkanes) is 1. The lowest BCUT2D eigenvalue weighted by Crippen LogP contribution is -2.38. The van der Waals surface area contributed by atoms with E-state index in [1.807, 2.05) is 27.7 Å². The fourth-order valence-electron chi connectivity index (χ4n) is 1.41. The molecular weight excluding hydrogens is 214 g/mol. The number of nitrogens with one attached hydrogen (secondary N) is 1. The number of nitrogens with two attached hydrogens (primary N) is 1. The van der Waals surface area contributed by atoms with Crippen LogP contribution in [-0.2, 0) is 0 Å². The highest BCUT2D eigenvalue weighted by molar-refractivity contribution is 5.85. The monoisotopic (exact) mass is 239 g/mol. The predicted molar refractivity (Wildman–Crippen MR) is 72.0 cm³/mol. The Labute approximate surface area is 105 Å². The van der Waals surface area contributed by atoms with Crippen molar-refractivity contribution < 1.29 is 5.21 Å². The van der Waals surface area contributed by atoms with E-state index in [0.717, 1.165) is 25.8 Å². The van der Waals surface area contributed by atoms with Gasteiger partial charge in [0.1, 0.15) is 5.84 Å². The highest BCUT2D eigenvalue weighted by Crippen LogP contribution is 2.23. The first-order valence-electron chi connectivity index (χ1n) is 5.96. The van der Waals surface area contributed by atoms with Gasteiger partial charge < -0.3 is 16.3 Å². The molecule has 0 aliphatic heterocycles. The Hall–Kier alpha value is -1.21. The minimum Gasteiger partial charge on any atom is -0.409 e. The minimum atomic E-state index is -0.254. The van der Waals surface area contributed by atoms with Crippen LogP contribution in [0.3, 0.4) is 0 Å². The maximum absolute atomic E-state index is 8.64. The fraction of sp³-hybridized carbons (Fsp3) is 0.769. The molecule has 0 aromatic carbocycles. The Kier molecular flexibility index (Phi) is 6.04. The first-order valence-corrected chi connectivity index (χ1v) is 5.96. The van der Waals surface area contributed by atoms with Gasteiger partial charge in [0.15, 0.2) is 0 Å². The topological polar surface area (TPSA) is 70.6 Å². The van der Waals surface area contributed by atoms with Crippen LogP contribution in [0.25, 0.3) is 0 Å². The quantitative estimate of drug-likeness (QED) is 0.159. The molecule has 0 saturated heterocycles. The molecule has 0 spiro atoms. The van der Waals surface area contributed by atoms with Crippen LogP contribution in [0.4, 0.5) is 0 Å². The van der Waals surface area contributed by atoms with E-state index in [1.165, 1.54) is 0 Å². The summed E-state index contributed by atoms with van der Waals surface area (Å²) in [5.74, 6) is 2.98. The van der Waals surface area contributed by atoms with Crippen molar-refractivity contribution in [3.63, 3.8) is 0 Å². The molecule has 0 bridgehead atoms. The van der Waals surface area contributed by atoms with Crippen LogP contribution in [0.1, 0.15) is 47.0 Å². The predicted octanol–water partition coefficient (Wildman–Crippen LogP) is 1.93. The van der Waals surface area contributed by atoms with E-state index in [4.69, 9.17) is 17.4 Å². The second-order valence-corrected chi connectivity index (χ2v) is 5.52. The van der Waals surface area contributed by atoms with E-state index >= 15 is 0 Å². The second-order valence-electron chi connectivity index (χ2n) is 5.52. The molecule has 0 aliphatic carbocycles. The van der Waals surface area contributed by atoms with Crippen molar-refractivity contribution >= 4 is 5.84 Å². The van der Waals surface area contributed by atoms with E-state index < -0.39 is 0 Å². The Morgan fingerprint density at radius 1 is 1.35 bits per heavy atom. The number of nitrogens with zero attached hydrogens (tertiary/aromatic N) is 1. The van der Waals surface area contributed by atoms with Gasteiger partial charge in [-0.3, -0.25) is 0 Å². The van der Waals surface area contributed by atoms with Crippen molar-refractivity contribution in [3.05, 3.63) is 0 Å². The largest absolute Gasteiger partial charge is 0.409 e. The third kappa shape index (κ3) is 6.18. The molecule has 0 rings (SSSR count). The zero-order chi connectivity index (χ0) is 13.5. The maximum Gasteiger partial charge on any atom is 0.144 e. The lowest BCUT2D eigenvalue weighted by atomic mass is 9.86. The van der Waals surface area contributed by atoms with Crippen LogP contribution in [0.5, 0.6) is 0 Å². The molecule has 0 heterocycles. The van der Waals surface area contributed by atoms with Gasteiger partial charge in [0.25, 0.3) is 0 Å². The fourth-order valence-corrected chi connectivity index (χ4v) is 1.41. The van der Waals surface area contributed by atoms with Crippen LogP contribution >= 0.6 is 0 Å². The van der Waals surface area contributed by atoms with Crippen LogP contribution < -0.4 is 11.1 Å². The van der Waals surface area contributed by atoms with E-state index in [1.54, 1.807) is 0 Å². The van der Waals surface area contributed by atoms with Crippen molar-refractivity contribution in [1.29, 1.82) is 0 Å². The number of hydrogen-bond donors (Lipinski definition) is 3. The SMILES string of the molecule is C#CC(C)(C)NCCCCC(C)(C)C(N)=NO. The number of terminal acetylenes is 1. The van der Waals surface area contributed by atoms with E-state index in [9.17, 15) is 0 Å². The van der Waals surface area contributed by atoms with Crippen LogP contribution in [-0.4, -0.2) is 23.1 Å². The van der Waals surface area contributed by atoms with Gasteiger partial charge in [0, 0.05) is 5.41 Å². The molecule has 0 unspecified atom stereocenters. The summed E-state index contributed by atoms with van der Waals surface area (Å²) in [5.41, 5.74) is 5.11. The van der Waals surface area contributed by atoms with Crippen molar-refractivity contribution in [3.8, 4) is 12.3 Å². The molecule has 0 aliphatic rings. The van der Waals surface area contributed by atoms with Gasteiger partial charge in [-0.1, -0.05) is 31.3 Å². The molecule has 0 aromatic rings. The molecule has 0 aromatic heterocycles. The summed E-state index contributed by atoms with van der Waals surface area (Å²) >= 11 is 0. The smallest absolute Gasteiger partial charge is 0.144 e. The summed E-state index contributed by atoms with van der Waals surface area (Å²) in [6.07, 6.45) is 8.30. The van der Waals surface area contributed by atoms with Crippen molar-refractivity contribution in [1.82, 2.24) is 5.32 Å². The van der Waals surface area contributed by atoms with Gasteiger partial charge in [0.05, 0.1) is 5.54 Å². The average molecular weight is 239 g/mol. The molecule has 4 N–H and O–H groups in total. The van der Waals surface area contributed by atoms with Crippen molar-refractivity contribution in [2.24, 2.45) is 16.3 Å². The van der Waals surface area contributed by atoms with E-state index in [-0.39, 0.29) is 16.8 Å². The Balaban J connectivity index is 3.84.